The van der Waals surface area contributed by atoms with Crippen LogP contribution in [0.4, 0.5) is 0 Å². The van der Waals surface area contributed by atoms with Gasteiger partial charge in [0.15, 0.2) is 11.6 Å². The molecule has 0 aromatic heterocycles. The van der Waals surface area contributed by atoms with Gasteiger partial charge in [-0.25, -0.2) is 0 Å². The van der Waals surface area contributed by atoms with Crippen molar-refractivity contribution < 1.29 is 19.1 Å². The molecule has 2 atom stereocenters. The van der Waals surface area contributed by atoms with Crippen LogP contribution in [0.1, 0.15) is 43.7 Å². The van der Waals surface area contributed by atoms with Crippen molar-refractivity contribution in [3.63, 3.8) is 0 Å². The van der Waals surface area contributed by atoms with Crippen LogP contribution >= 0.6 is 0 Å². The van der Waals surface area contributed by atoms with E-state index in [1.807, 2.05) is 60.7 Å². The molecule has 0 radical (unpaired) electrons. The molecule has 34 heavy (non-hydrogen) atoms. The summed E-state index contributed by atoms with van der Waals surface area (Å²) < 4.78 is 10.5. The Morgan fingerprint density at radius 2 is 0.824 bits per heavy atom. The molecule has 4 nitrogen and oxygen atoms in total. The fraction of sp³-hybridized carbons (Fsp3) is 0.133. The zero-order valence-electron chi connectivity index (χ0n) is 19.2. The maximum Gasteiger partial charge on any atom is 0.171 e. The van der Waals surface area contributed by atoms with Crippen LogP contribution in [0.2, 0.25) is 0 Å². The Hall–Kier alpha value is -4.18. The largest absolute Gasteiger partial charge is 0.497 e. The number of ether oxygens (including phenoxy) is 2. The minimum absolute atomic E-state index is 0.121. The summed E-state index contributed by atoms with van der Waals surface area (Å²) in [4.78, 5) is 28.0. The molecule has 0 bridgehead atoms. The number of carbonyl (C=O) groups is 2. The van der Waals surface area contributed by atoms with Crippen LogP contribution in [0.3, 0.4) is 0 Å². The van der Waals surface area contributed by atoms with Crippen LogP contribution in [-0.4, -0.2) is 25.8 Å². The molecule has 170 valence electrons. The molecular formula is C30H26O4. The molecule has 4 aromatic rings. The first-order chi connectivity index (χ1) is 16.6. The lowest BCUT2D eigenvalue weighted by Gasteiger charge is -2.26. The number of methoxy groups -OCH3 is 2. The summed E-state index contributed by atoms with van der Waals surface area (Å²) in [6.45, 7) is 0. The van der Waals surface area contributed by atoms with E-state index in [1.54, 1.807) is 62.8 Å². The topological polar surface area (TPSA) is 52.6 Å². The molecule has 0 saturated carbocycles. The van der Waals surface area contributed by atoms with E-state index in [9.17, 15) is 9.59 Å². The van der Waals surface area contributed by atoms with Crippen LogP contribution in [0.5, 0.6) is 11.5 Å². The highest BCUT2D eigenvalue weighted by atomic mass is 16.5. The Labute approximate surface area is 199 Å². The number of hydrogen-bond acceptors (Lipinski definition) is 4. The average molecular weight is 451 g/mol. The summed E-state index contributed by atoms with van der Waals surface area (Å²) in [5, 5.41) is 0. The van der Waals surface area contributed by atoms with Crippen LogP contribution in [0.25, 0.3) is 0 Å². The van der Waals surface area contributed by atoms with Crippen molar-refractivity contribution in [3.05, 3.63) is 131 Å². The van der Waals surface area contributed by atoms with Crippen molar-refractivity contribution in [3.8, 4) is 11.5 Å². The number of hydrogen-bond donors (Lipinski definition) is 0. The number of rotatable bonds is 9. The lowest BCUT2D eigenvalue weighted by molar-refractivity contribution is 0.0866. The monoisotopic (exact) mass is 450 g/mol. The van der Waals surface area contributed by atoms with Gasteiger partial charge in [-0.05, 0) is 59.7 Å². The zero-order chi connectivity index (χ0) is 23.9. The lowest BCUT2D eigenvalue weighted by Crippen LogP contribution is -2.27. The summed E-state index contributed by atoms with van der Waals surface area (Å²) in [7, 11) is 3.17. The van der Waals surface area contributed by atoms with Gasteiger partial charge in [-0.3, -0.25) is 9.59 Å². The van der Waals surface area contributed by atoms with E-state index in [0.717, 1.165) is 11.1 Å². The standard InChI is InChI=1S/C30H26O4/c1-33-25-17-13-23(14-18-25)29(31)27(21-9-5-3-6-10-21)28(22-11-7-4-8-12-22)30(32)24-15-19-26(34-2)20-16-24/h3-20,27-28H,1-2H3. The third-order valence-electron chi connectivity index (χ3n) is 5.96. The molecule has 0 fully saturated rings. The second kappa shape index (κ2) is 10.6. The third-order valence-corrected chi connectivity index (χ3v) is 5.96. The van der Waals surface area contributed by atoms with E-state index in [0.29, 0.717) is 22.6 Å². The van der Waals surface area contributed by atoms with Gasteiger partial charge in [-0.15, -0.1) is 0 Å². The minimum atomic E-state index is -0.702. The summed E-state index contributed by atoms with van der Waals surface area (Å²) in [5.41, 5.74) is 2.63. The van der Waals surface area contributed by atoms with E-state index in [-0.39, 0.29) is 11.6 Å². The fourth-order valence-corrected chi connectivity index (χ4v) is 4.18. The molecule has 2 unspecified atom stereocenters. The zero-order valence-corrected chi connectivity index (χ0v) is 19.2. The van der Waals surface area contributed by atoms with E-state index in [1.165, 1.54) is 0 Å². The molecule has 0 spiro atoms. The van der Waals surface area contributed by atoms with Crippen LogP contribution in [0.15, 0.2) is 109 Å². The Kier molecular flexibility index (Phi) is 7.19. The smallest absolute Gasteiger partial charge is 0.171 e. The second-order valence-corrected chi connectivity index (χ2v) is 7.96. The highest BCUT2D eigenvalue weighted by Crippen LogP contribution is 2.38. The Morgan fingerprint density at radius 3 is 1.12 bits per heavy atom. The van der Waals surface area contributed by atoms with Crippen LogP contribution < -0.4 is 9.47 Å². The number of carbonyl (C=O) groups excluding carboxylic acids is 2. The molecule has 4 heteroatoms. The van der Waals surface area contributed by atoms with Gasteiger partial charge >= 0.3 is 0 Å². The van der Waals surface area contributed by atoms with Gasteiger partial charge in [-0.2, -0.15) is 0 Å². The molecule has 0 saturated heterocycles. The third kappa shape index (κ3) is 4.91. The highest BCUT2D eigenvalue weighted by molar-refractivity contribution is 6.09. The van der Waals surface area contributed by atoms with Crippen molar-refractivity contribution >= 4 is 11.6 Å². The van der Waals surface area contributed by atoms with Gasteiger partial charge in [0.25, 0.3) is 0 Å². The van der Waals surface area contributed by atoms with Crippen molar-refractivity contribution in [2.75, 3.05) is 14.2 Å². The SMILES string of the molecule is COc1ccc(C(=O)C(c2ccccc2)C(C(=O)c2ccc(OC)cc2)c2ccccc2)cc1. The molecule has 0 aliphatic carbocycles. The summed E-state index contributed by atoms with van der Waals surface area (Å²) in [6, 6.07) is 33.0. The van der Waals surface area contributed by atoms with Gasteiger partial charge in [0.2, 0.25) is 0 Å². The maximum absolute atomic E-state index is 14.0. The van der Waals surface area contributed by atoms with Crippen LogP contribution in [-0.2, 0) is 0 Å². The maximum atomic E-state index is 14.0. The normalized spacial score (nSPS) is 12.4. The number of benzene rings is 4. The highest BCUT2D eigenvalue weighted by Gasteiger charge is 2.37. The molecule has 0 amide bonds. The van der Waals surface area contributed by atoms with Crippen LogP contribution in [0, 0.1) is 0 Å². The van der Waals surface area contributed by atoms with E-state index < -0.39 is 11.8 Å². The van der Waals surface area contributed by atoms with Crippen molar-refractivity contribution in [1.82, 2.24) is 0 Å². The molecule has 0 N–H and O–H groups in total. The van der Waals surface area contributed by atoms with Crippen molar-refractivity contribution in [2.45, 2.75) is 11.8 Å². The van der Waals surface area contributed by atoms with E-state index in [4.69, 9.17) is 9.47 Å². The quantitative estimate of drug-likeness (QED) is 0.279. The lowest BCUT2D eigenvalue weighted by atomic mass is 9.73. The number of Topliss-reactive ketones (excluding diaryl/α,β-unsaturated/α-hetero) is 2. The van der Waals surface area contributed by atoms with Gasteiger partial charge < -0.3 is 9.47 Å². The summed E-state index contributed by atoms with van der Waals surface area (Å²) in [6.07, 6.45) is 0. The van der Waals surface area contributed by atoms with E-state index >= 15 is 0 Å². The summed E-state index contributed by atoms with van der Waals surface area (Å²) >= 11 is 0. The molecular weight excluding hydrogens is 424 g/mol. The molecule has 4 rings (SSSR count). The Balaban J connectivity index is 1.85. The molecule has 0 aliphatic heterocycles. The van der Waals surface area contributed by atoms with Crippen molar-refractivity contribution in [2.24, 2.45) is 0 Å². The average Bonchev–Trinajstić information content (AvgIpc) is 2.92. The predicted molar refractivity (Wildman–Crippen MR) is 133 cm³/mol. The number of ketones is 2. The predicted octanol–water partition coefficient (Wildman–Crippen LogP) is 6.34. The van der Waals surface area contributed by atoms with Gasteiger partial charge in [-0.1, -0.05) is 60.7 Å². The van der Waals surface area contributed by atoms with Crippen molar-refractivity contribution in [1.29, 1.82) is 0 Å². The fourth-order valence-electron chi connectivity index (χ4n) is 4.18. The Morgan fingerprint density at radius 1 is 0.500 bits per heavy atom. The second-order valence-electron chi connectivity index (χ2n) is 7.96. The van der Waals surface area contributed by atoms with Gasteiger partial charge in [0.05, 0.1) is 26.1 Å². The molecule has 0 aliphatic rings. The first-order valence-electron chi connectivity index (χ1n) is 11.1. The first-order valence-corrected chi connectivity index (χ1v) is 11.1. The minimum Gasteiger partial charge on any atom is -0.497 e. The van der Waals surface area contributed by atoms with E-state index in [2.05, 4.69) is 0 Å². The van der Waals surface area contributed by atoms with Gasteiger partial charge in [0.1, 0.15) is 11.5 Å². The molecule has 4 aromatic carbocycles. The summed E-state index contributed by atoms with van der Waals surface area (Å²) in [5.74, 6) is -0.309. The Bertz CT molecular complexity index is 1130. The first kappa shape index (κ1) is 23.0. The van der Waals surface area contributed by atoms with Gasteiger partial charge in [0, 0.05) is 11.1 Å². The molecule has 0 heterocycles.